The van der Waals surface area contributed by atoms with Crippen LogP contribution < -0.4 is 11.2 Å². The van der Waals surface area contributed by atoms with E-state index in [2.05, 4.69) is 55.4 Å². The Balaban J connectivity index is 1.50. The number of hydrogen-bond acceptors (Lipinski definition) is 4. The van der Waals surface area contributed by atoms with Crippen LogP contribution in [0.25, 0.3) is 22.0 Å². The van der Waals surface area contributed by atoms with Gasteiger partial charge in [-0.3, -0.25) is 19.8 Å². The molecule has 0 unspecified atom stereocenters. The molecule has 0 spiro atoms. The highest BCUT2D eigenvalue weighted by Gasteiger charge is 2.24. The van der Waals surface area contributed by atoms with Gasteiger partial charge < -0.3 is 4.98 Å². The van der Waals surface area contributed by atoms with Crippen LogP contribution in [0.1, 0.15) is 16.8 Å². The van der Waals surface area contributed by atoms with Gasteiger partial charge in [0.15, 0.2) is 0 Å². The summed E-state index contributed by atoms with van der Waals surface area (Å²) < 4.78 is 0. The van der Waals surface area contributed by atoms with E-state index in [9.17, 15) is 9.59 Å². The predicted molar refractivity (Wildman–Crippen MR) is 107 cm³/mol. The second kappa shape index (κ2) is 6.61. The number of benzene rings is 2. The van der Waals surface area contributed by atoms with Gasteiger partial charge in [-0.15, -0.1) is 0 Å². The Morgan fingerprint density at radius 3 is 2.82 bits per heavy atom. The fraction of sp³-hybridized carbons (Fsp3) is 0.190. The fourth-order valence-corrected chi connectivity index (χ4v) is 3.94. The minimum atomic E-state index is -0.484. The van der Waals surface area contributed by atoms with Crippen molar-refractivity contribution in [2.24, 2.45) is 0 Å². The summed E-state index contributed by atoms with van der Waals surface area (Å²) in [5.41, 5.74) is 4.13. The van der Waals surface area contributed by atoms with Crippen LogP contribution in [0.5, 0.6) is 0 Å². The average molecular weight is 373 g/mol. The molecule has 28 heavy (non-hydrogen) atoms. The van der Waals surface area contributed by atoms with E-state index in [0.29, 0.717) is 18.7 Å². The molecule has 0 fully saturated rings. The van der Waals surface area contributed by atoms with Crippen molar-refractivity contribution in [3.63, 3.8) is 0 Å². The lowest BCUT2D eigenvalue weighted by atomic mass is 9.96. The van der Waals surface area contributed by atoms with E-state index in [1.165, 1.54) is 22.5 Å². The lowest BCUT2D eigenvalue weighted by Gasteiger charge is -2.26. The highest BCUT2D eigenvalue weighted by molar-refractivity contribution is 5.96. The molecule has 140 valence electrons. The maximum Gasteiger partial charge on any atom is 0.325 e. The molecule has 0 amide bonds. The zero-order valence-corrected chi connectivity index (χ0v) is 15.2. The number of rotatable bonds is 3. The molecule has 0 bridgehead atoms. The minimum absolute atomic E-state index is 0.337. The quantitative estimate of drug-likeness (QED) is 0.513. The van der Waals surface area contributed by atoms with Crippen LogP contribution in [0.3, 0.4) is 0 Å². The molecule has 0 aliphatic carbocycles. The van der Waals surface area contributed by atoms with Crippen molar-refractivity contribution in [1.82, 2.24) is 25.1 Å². The molecule has 1 aliphatic rings. The van der Waals surface area contributed by atoms with Crippen LogP contribution in [0.15, 0.2) is 58.3 Å². The van der Waals surface area contributed by atoms with Crippen LogP contribution in [0.2, 0.25) is 0 Å². The molecule has 1 aliphatic heterocycles. The van der Waals surface area contributed by atoms with Crippen LogP contribution in [0, 0.1) is 0 Å². The van der Waals surface area contributed by atoms with Gasteiger partial charge in [0.25, 0.3) is 5.56 Å². The van der Waals surface area contributed by atoms with E-state index >= 15 is 0 Å². The van der Waals surface area contributed by atoms with Gasteiger partial charge in [-0.1, -0.05) is 42.5 Å². The third-order valence-corrected chi connectivity index (χ3v) is 5.35. The van der Waals surface area contributed by atoms with E-state index in [1.807, 2.05) is 12.1 Å². The second-order valence-corrected chi connectivity index (χ2v) is 7.11. The molecular weight excluding hydrogens is 354 g/mol. The largest absolute Gasteiger partial charge is 0.325 e. The Morgan fingerprint density at radius 1 is 1.07 bits per heavy atom. The van der Waals surface area contributed by atoms with Crippen molar-refractivity contribution in [3.8, 4) is 11.3 Å². The molecule has 3 heterocycles. The summed E-state index contributed by atoms with van der Waals surface area (Å²) in [6, 6.07) is 14.6. The van der Waals surface area contributed by atoms with E-state index < -0.39 is 5.69 Å². The van der Waals surface area contributed by atoms with Gasteiger partial charge in [0, 0.05) is 54.6 Å². The van der Waals surface area contributed by atoms with Gasteiger partial charge in [-0.05, 0) is 10.8 Å². The number of nitrogens with one attached hydrogen (secondary N) is 3. The molecule has 7 nitrogen and oxygen atoms in total. The smallest absolute Gasteiger partial charge is 0.314 e. The first-order valence-electron chi connectivity index (χ1n) is 9.26. The monoisotopic (exact) mass is 373 g/mol. The number of H-pyrrole nitrogens is 3. The lowest BCUT2D eigenvalue weighted by molar-refractivity contribution is 0.243. The van der Waals surface area contributed by atoms with E-state index in [4.69, 9.17) is 0 Å². The third kappa shape index (κ3) is 2.86. The summed E-state index contributed by atoms with van der Waals surface area (Å²) in [5.74, 6) is 0. The number of aromatic nitrogens is 4. The number of aromatic amines is 3. The summed E-state index contributed by atoms with van der Waals surface area (Å²) in [4.78, 5) is 30.3. The molecule has 0 radical (unpaired) electrons. The van der Waals surface area contributed by atoms with Crippen molar-refractivity contribution in [2.75, 3.05) is 6.54 Å². The van der Waals surface area contributed by atoms with Gasteiger partial charge in [0.05, 0.1) is 5.69 Å². The van der Waals surface area contributed by atoms with Crippen molar-refractivity contribution < 1.29 is 0 Å². The first-order chi connectivity index (χ1) is 13.7. The Labute approximate surface area is 160 Å². The maximum atomic E-state index is 12.0. The summed E-state index contributed by atoms with van der Waals surface area (Å²) in [5, 5.41) is 10.2. The van der Waals surface area contributed by atoms with Crippen molar-refractivity contribution >= 4 is 10.8 Å². The molecule has 7 heteroatoms. The van der Waals surface area contributed by atoms with Gasteiger partial charge in [-0.2, -0.15) is 5.10 Å². The summed E-state index contributed by atoms with van der Waals surface area (Å²) in [6.07, 6.45) is 2.34. The summed E-state index contributed by atoms with van der Waals surface area (Å²) >= 11 is 0. The Morgan fingerprint density at radius 2 is 1.93 bits per heavy atom. The van der Waals surface area contributed by atoms with E-state index in [1.54, 1.807) is 0 Å². The predicted octanol–water partition coefficient (Wildman–Crippen LogP) is 2.16. The standard InChI is InChI=1S/C21H19N5O2/c27-20-14(10-22-21(28)23-20)11-26-9-8-18-17(12-26)19(25-24-18)16-7-3-5-13-4-1-2-6-15(13)16/h1-7,10H,8-9,11-12H2,(H,24,25)(H2,22,23,27,28). The van der Waals surface area contributed by atoms with Crippen LogP contribution in [0.4, 0.5) is 0 Å². The highest BCUT2D eigenvalue weighted by Crippen LogP contribution is 2.33. The Kier molecular flexibility index (Phi) is 3.95. The van der Waals surface area contributed by atoms with Crippen molar-refractivity contribution in [2.45, 2.75) is 19.5 Å². The SMILES string of the molecule is O=c1[nH]cc(CN2CCc3[nH]nc(-c4cccc5ccccc45)c3C2)c(=O)[nH]1. The summed E-state index contributed by atoms with van der Waals surface area (Å²) in [7, 11) is 0. The van der Waals surface area contributed by atoms with Gasteiger partial charge in [-0.25, -0.2) is 4.79 Å². The van der Waals surface area contributed by atoms with Gasteiger partial charge in [0.1, 0.15) is 0 Å². The lowest BCUT2D eigenvalue weighted by Crippen LogP contribution is -2.34. The first-order valence-corrected chi connectivity index (χ1v) is 9.26. The highest BCUT2D eigenvalue weighted by atomic mass is 16.2. The third-order valence-electron chi connectivity index (χ3n) is 5.35. The van der Waals surface area contributed by atoms with E-state index in [0.717, 1.165) is 29.9 Å². The van der Waals surface area contributed by atoms with Crippen LogP contribution >= 0.6 is 0 Å². The van der Waals surface area contributed by atoms with Crippen LogP contribution in [-0.4, -0.2) is 31.6 Å². The minimum Gasteiger partial charge on any atom is -0.314 e. The number of hydrogen-bond donors (Lipinski definition) is 3. The number of fused-ring (bicyclic) bond motifs is 2. The first kappa shape index (κ1) is 16.7. The van der Waals surface area contributed by atoms with Gasteiger partial charge in [0.2, 0.25) is 0 Å². The topological polar surface area (TPSA) is 97.6 Å². The fourth-order valence-electron chi connectivity index (χ4n) is 3.94. The molecule has 0 saturated heterocycles. The van der Waals surface area contributed by atoms with Gasteiger partial charge >= 0.3 is 5.69 Å². The van der Waals surface area contributed by atoms with Crippen molar-refractivity contribution in [3.05, 3.63) is 86.3 Å². The zero-order chi connectivity index (χ0) is 19.1. The Bertz CT molecular complexity index is 1280. The molecule has 4 aromatic rings. The van der Waals surface area contributed by atoms with Crippen LogP contribution in [-0.2, 0) is 19.5 Å². The molecule has 3 N–H and O–H groups in total. The van der Waals surface area contributed by atoms with Crippen molar-refractivity contribution in [1.29, 1.82) is 0 Å². The molecule has 2 aromatic heterocycles. The normalized spacial score (nSPS) is 14.3. The molecular formula is C21H19N5O2. The second-order valence-electron chi connectivity index (χ2n) is 7.11. The Hall–Kier alpha value is -3.45. The summed E-state index contributed by atoms with van der Waals surface area (Å²) in [6.45, 7) is 2.00. The van der Waals surface area contributed by atoms with E-state index in [-0.39, 0.29) is 5.56 Å². The number of nitrogens with zero attached hydrogens (tertiary/aromatic N) is 2. The molecule has 2 aromatic carbocycles. The molecule has 5 rings (SSSR count). The zero-order valence-electron chi connectivity index (χ0n) is 15.2. The molecule has 0 saturated carbocycles. The maximum absolute atomic E-state index is 12.0. The molecule has 0 atom stereocenters. The average Bonchev–Trinajstić information content (AvgIpc) is 3.13.